The Kier molecular flexibility index (Phi) is 3.62. The molecular formula is C14H17F3O2. The van der Waals surface area contributed by atoms with Crippen LogP contribution in [0.25, 0.3) is 0 Å². The van der Waals surface area contributed by atoms with Gasteiger partial charge in [0.1, 0.15) is 0 Å². The van der Waals surface area contributed by atoms with Crippen LogP contribution in [0, 0.1) is 0 Å². The lowest BCUT2D eigenvalue weighted by atomic mass is 9.81. The Morgan fingerprint density at radius 1 is 1.11 bits per heavy atom. The average Bonchev–Trinajstić information content (AvgIpc) is 2.26. The van der Waals surface area contributed by atoms with Gasteiger partial charge in [-0.15, -0.1) is 0 Å². The highest BCUT2D eigenvalue weighted by atomic mass is 19.4. The molecular weight excluding hydrogens is 257 g/mol. The molecule has 1 aromatic rings. The zero-order valence-corrected chi connectivity index (χ0v) is 10.9. The zero-order chi connectivity index (χ0) is 14.3. The highest BCUT2D eigenvalue weighted by molar-refractivity contribution is 5.29. The molecule has 0 bridgehead atoms. The molecule has 1 N–H and O–H groups in total. The molecule has 19 heavy (non-hydrogen) atoms. The minimum Gasteiger partial charge on any atom is -0.385 e. The van der Waals surface area contributed by atoms with E-state index in [1.165, 1.54) is 12.1 Å². The van der Waals surface area contributed by atoms with Gasteiger partial charge in [0.05, 0.1) is 23.4 Å². The van der Waals surface area contributed by atoms with E-state index in [-0.39, 0.29) is 12.2 Å². The summed E-state index contributed by atoms with van der Waals surface area (Å²) in [6, 6.07) is 4.73. The molecule has 1 saturated heterocycles. The fourth-order valence-electron chi connectivity index (χ4n) is 2.73. The maximum atomic E-state index is 12.5. The Morgan fingerprint density at radius 2 is 1.58 bits per heavy atom. The van der Waals surface area contributed by atoms with Crippen molar-refractivity contribution in [2.45, 2.75) is 50.7 Å². The molecule has 1 heterocycles. The van der Waals surface area contributed by atoms with Gasteiger partial charge in [-0.1, -0.05) is 12.1 Å². The van der Waals surface area contributed by atoms with Crippen molar-refractivity contribution in [2.24, 2.45) is 0 Å². The summed E-state index contributed by atoms with van der Waals surface area (Å²) in [5, 5.41) is 10.6. The molecule has 5 heteroatoms. The highest BCUT2D eigenvalue weighted by Crippen LogP contribution is 2.38. The van der Waals surface area contributed by atoms with Crippen molar-refractivity contribution < 1.29 is 23.0 Å². The van der Waals surface area contributed by atoms with E-state index < -0.39 is 17.3 Å². The second-order valence-electron chi connectivity index (χ2n) is 5.27. The quantitative estimate of drug-likeness (QED) is 0.849. The Hall–Kier alpha value is -1.07. The van der Waals surface area contributed by atoms with Crippen LogP contribution in [0.15, 0.2) is 24.3 Å². The predicted octanol–water partition coefficient (Wildman–Crippen LogP) is 3.48. The molecule has 0 spiro atoms. The van der Waals surface area contributed by atoms with Crippen LogP contribution in [0.2, 0.25) is 0 Å². The summed E-state index contributed by atoms with van der Waals surface area (Å²) in [5.74, 6) is 0. The first kappa shape index (κ1) is 14.3. The van der Waals surface area contributed by atoms with Crippen molar-refractivity contribution in [3.05, 3.63) is 35.4 Å². The van der Waals surface area contributed by atoms with Gasteiger partial charge in [-0.2, -0.15) is 13.2 Å². The van der Waals surface area contributed by atoms with Crippen LogP contribution >= 0.6 is 0 Å². The van der Waals surface area contributed by atoms with E-state index in [0.29, 0.717) is 18.4 Å². The van der Waals surface area contributed by atoms with Crippen molar-refractivity contribution in [1.82, 2.24) is 0 Å². The molecule has 1 aromatic carbocycles. The zero-order valence-electron chi connectivity index (χ0n) is 10.9. The van der Waals surface area contributed by atoms with Gasteiger partial charge in [0.25, 0.3) is 0 Å². The maximum absolute atomic E-state index is 12.5. The van der Waals surface area contributed by atoms with Crippen LogP contribution in [-0.4, -0.2) is 17.3 Å². The minimum atomic E-state index is -4.35. The first-order chi connectivity index (χ1) is 8.71. The Bertz CT molecular complexity index is 429. The van der Waals surface area contributed by atoms with E-state index >= 15 is 0 Å². The molecule has 0 aromatic heterocycles. The summed E-state index contributed by atoms with van der Waals surface area (Å²) >= 11 is 0. The SMILES string of the molecule is CC1CC(O)(c2ccc(C(F)(F)F)cc2)CC(C)O1. The molecule has 2 unspecified atom stereocenters. The van der Waals surface area contributed by atoms with Gasteiger partial charge in [-0.3, -0.25) is 0 Å². The van der Waals surface area contributed by atoms with Crippen LogP contribution in [-0.2, 0) is 16.5 Å². The minimum absolute atomic E-state index is 0.115. The summed E-state index contributed by atoms with van der Waals surface area (Å²) in [5.41, 5.74) is -1.29. The molecule has 2 atom stereocenters. The second kappa shape index (κ2) is 4.80. The lowest BCUT2D eigenvalue weighted by Gasteiger charge is -2.39. The number of alkyl halides is 3. The predicted molar refractivity (Wildman–Crippen MR) is 64.6 cm³/mol. The van der Waals surface area contributed by atoms with Crippen LogP contribution in [0.1, 0.15) is 37.8 Å². The van der Waals surface area contributed by atoms with Gasteiger partial charge in [0.15, 0.2) is 0 Å². The topological polar surface area (TPSA) is 29.5 Å². The van der Waals surface area contributed by atoms with Gasteiger partial charge in [-0.25, -0.2) is 0 Å². The van der Waals surface area contributed by atoms with Crippen molar-refractivity contribution in [3.8, 4) is 0 Å². The normalized spacial score (nSPS) is 32.3. The molecule has 106 valence electrons. The largest absolute Gasteiger partial charge is 0.416 e. The van der Waals surface area contributed by atoms with E-state index in [1.54, 1.807) is 0 Å². The third kappa shape index (κ3) is 3.09. The standard InChI is InChI=1S/C14H17F3O2/c1-9-7-13(18,8-10(2)19-9)11-3-5-12(6-4-11)14(15,16)17/h3-6,9-10,18H,7-8H2,1-2H3. The maximum Gasteiger partial charge on any atom is 0.416 e. The van der Waals surface area contributed by atoms with Crippen molar-refractivity contribution in [2.75, 3.05) is 0 Å². The molecule has 0 saturated carbocycles. The Morgan fingerprint density at radius 3 is 2.00 bits per heavy atom. The average molecular weight is 274 g/mol. The van der Waals surface area contributed by atoms with E-state index in [2.05, 4.69) is 0 Å². The number of rotatable bonds is 1. The monoisotopic (exact) mass is 274 g/mol. The lowest BCUT2D eigenvalue weighted by molar-refractivity contribution is -0.139. The molecule has 2 rings (SSSR count). The number of aliphatic hydroxyl groups is 1. The van der Waals surface area contributed by atoms with Crippen molar-refractivity contribution >= 4 is 0 Å². The lowest BCUT2D eigenvalue weighted by Crippen LogP contribution is -2.41. The summed E-state index contributed by atoms with van der Waals surface area (Å²) in [4.78, 5) is 0. The second-order valence-corrected chi connectivity index (χ2v) is 5.27. The Labute approximate surface area is 110 Å². The van der Waals surface area contributed by atoms with Gasteiger partial charge >= 0.3 is 6.18 Å². The molecule has 1 fully saturated rings. The highest BCUT2D eigenvalue weighted by Gasteiger charge is 2.39. The third-order valence-corrected chi connectivity index (χ3v) is 3.46. The fraction of sp³-hybridized carbons (Fsp3) is 0.571. The molecule has 0 aliphatic carbocycles. The van der Waals surface area contributed by atoms with Crippen LogP contribution in [0.5, 0.6) is 0 Å². The summed E-state index contributed by atoms with van der Waals surface area (Å²) in [6.45, 7) is 3.70. The first-order valence-corrected chi connectivity index (χ1v) is 6.26. The van der Waals surface area contributed by atoms with Crippen LogP contribution in [0.3, 0.4) is 0 Å². The van der Waals surface area contributed by atoms with Gasteiger partial charge in [0.2, 0.25) is 0 Å². The summed E-state index contributed by atoms with van der Waals surface area (Å²) in [6.07, 6.45) is -3.80. The van der Waals surface area contributed by atoms with Crippen LogP contribution in [0.4, 0.5) is 13.2 Å². The molecule has 0 radical (unpaired) electrons. The number of hydrogen-bond donors (Lipinski definition) is 1. The Balaban J connectivity index is 2.26. The van der Waals surface area contributed by atoms with E-state index in [9.17, 15) is 18.3 Å². The van der Waals surface area contributed by atoms with Crippen LogP contribution < -0.4 is 0 Å². The fourth-order valence-corrected chi connectivity index (χ4v) is 2.73. The third-order valence-electron chi connectivity index (χ3n) is 3.46. The number of hydrogen-bond acceptors (Lipinski definition) is 2. The molecule has 1 aliphatic heterocycles. The van der Waals surface area contributed by atoms with Gasteiger partial charge < -0.3 is 9.84 Å². The number of halogens is 3. The summed E-state index contributed by atoms with van der Waals surface area (Å²) < 4.78 is 43.0. The van der Waals surface area contributed by atoms with Gasteiger partial charge in [-0.05, 0) is 31.5 Å². The van der Waals surface area contributed by atoms with Gasteiger partial charge in [0, 0.05) is 12.8 Å². The van der Waals surface area contributed by atoms with E-state index in [0.717, 1.165) is 12.1 Å². The van der Waals surface area contributed by atoms with E-state index in [1.807, 2.05) is 13.8 Å². The first-order valence-electron chi connectivity index (χ1n) is 6.26. The van der Waals surface area contributed by atoms with E-state index in [4.69, 9.17) is 4.74 Å². The van der Waals surface area contributed by atoms with Crippen molar-refractivity contribution in [1.29, 1.82) is 0 Å². The number of ether oxygens (including phenoxy) is 1. The molecule has 1 aliphatic rings. The number of benzene rings is 1. The smallest absolute Gasteiger partial charge is 0.385 e. The molecule has 2 nitrogen and oxygen atoms in total. The summed E-state index contributed by atoms with van der Waals surface area (Å²) in [7, 11) is 0. The van der Waals surface area contributed by atoms with Crippen molar-refractivity contribution in [3.63, 3.8) is 0 Å². The molecule has 0 amide bonds.